The fourth-order valence-corrected chi connectivity index (χ4v) is 14.2. The van der Waals surface area contributed by atoms with Gasteiger partial charge in [-0.1, -0.05) is 382 Å². The number of hydrogen-bond donors (Lipinski definition) is 3. The van der Waals surface area contributed by atoms with E-state index in [1.165, 1.54) is 250 Å². The molecule has 0 radical (unpaired) electrons. The summed E-state index contributed by atoms with van der Waals surface area (Å²) in [6.07, 6.45) is 63.7. The molecule has 0 rings (SSSR count). The Morgan fingerprint density at radius 1 is 0.277 bits per heavy atom. The van der Waals surface area contributed by atoms with Crippen LogP contribution in [0.15, 0.2) is 0 Å². The van der Waals surface area contributed by atoms with Crippen LogP contribution in [0.2, 0.25) is 0 Å². The minimum atomic E-state index is -4.96. The van der Waals surface area contributed by atoms with E-state index in [1.807, 2.05) is 0 Å². The molecule has 0 aliphatic carbocycles. The molecule has 101 heavy (non-hydrogen) atoms. The van der Waals surface area contributed by atoms with Crippen molar-refractivity contribution in [2.75, 3.05) is 39.6 Å². The first-order chi connectivity index (χ1) is 48.9. The predicted molar refractivity (Wildman–Crippen MR) is 414 cm³/mol. The second kappa shape index (κ2) is 73.6. The van der Waals surface area contributed by atoms with E-state index in [0.29, 0.717) is 25.7 Å². The summed E-state index contributed by atoms with van der Waals surface area (Å²) >= 11 is 0. The number of ether oxygens (including phenoxy) is 4. The van der Waals surface area contributed by atoms with Crippen molar-refractivity contribution in [1.29, 1.82) is 0 Å². The highest BCUT2D eigenvalue weighted by atomic mass is 31.2. The Bertz CT molecular complexity index is 1950. The lowest BCUT2D eigenvalue weighted by atomic mass is 9.99. The quantitative estimate of drug-likeness (QED) is 0.0222. The number of carbonyl (C=O) groups is 4. The van der Waals surface area contributed by atoms with Crippen molar-refractivity contribution in [3.05, 3.63) is 0 Å². The molecular formula is C82H160O17P2. The molecule has 0 saturated carbocycles. The molecule has 0 aromatic carbocycles. The van der Waals surface area contributed by atoms with Gasteiger partial charge in [-0.3, -0.25) is 37.3 Å². The highest BCUT2D eigenvalue weighted by Gasteiger charge is 2.30. The van der Waals surface area contributed by atoms with Gasteiger partial charge in [-0.15, -0.1) is 0 Å². The van der Waals surface area contributed by atoms with Crippen molar-refractivity contribution in [2.45, 2.75) is 452 Å². The first-order valence-corrected chi connectivity index (χ1v) is 45.6. The van der Waals surface area contributed by atoms with Gasteiger partial charge in [0.1, 0.15) is 19.3 Å². The number of unbranched alkanes of at least 4 members (excludes halogenated alkanes) is 49. The normalized spacial score (nSPS) is 14.4. The minimum absolute atomic E-state index is 0.106. The zero-order valence-corrected chi connectivity index (χ0v) is 68.0. The van der Waals surface area contributed by atoms with Crippen LogP contribution < -0.4 is 0 Å². The van der Waals surface area contributed by atoms with Crippen LogP contribution in [-0.4, -0.2) is 96.7 Å². The molecule has 0 heterocycles. The summed E-state index contributed by atoms with van der Waals surface area (Å²) in [6, 6.07) is 0. The molecule has 0 aliphatic heterocycles. The standard InChI is InChI=1S/C82H160O17P2/c1-7-11-13-15-17-19-20-21-22-23-24-25-26-27-32-35-42-48-54-60-66-81(86)98-78(71-93-80(85)65-59-53-47-41-34-31-29-28-30-33-39-44-50-56-62-74(5)9-3)73-97-101(90,91)95-69-76(83)68-94-100(88,89)96-72-77(70-92-79(84)64-58-52-46-38-18-16-14-12-8-2)99-82(87)67-61-55-49-43-37-36-40-45-51-57-63-75(6)10-4/h74-78,83H,7-73H2,1-6H3,(H,88,89)(H,90,91)/t74?,75?,76-,77+,78+/m0/s1. The average molecular weight is 1480 g/mol. The SMILES string of the molecule is CCCCCCCCCCCCCCCCCCCCCCC(=O)O[C@H](COC(=O)CCCCCCCCCCCCCCCCC(C)CC)COP(=O)(O)OC[C@@H](O)COP(=O)(O)OC[C@@H](COC(=O)CCCCCCCCCCC)OC(=O)CCCCCCCCCCCCC(C)CC. The first-order valence-electron chi connectivity index (χ1n) is 42.6. The highest BCUT2D eigenvalue weighted by molar-refractivity contribution is 7.47. The summed E-state index contributed by atoms with van der Waals surface area (Å²) in [7, 11) is -9.92. The maximum absolute atomic E-state index is 13.1. The number of hydrogen-bond acceptors (Lipinski definition) is 15. The van der Waals surface area contributed by atoms with Gasteiger partial charge in [-0.2, -0.15) is 0 Å². The van der Waals surface area contributed by atoms with Gasteiger partial charge in [0.25, 0.3) is 0 Å². The van der Waals surface area contributed by atoms with Crippen LogP contribution >= 0.6 is 15.6 Å². The lowest BCUT2D eigenvalue weighted by molar-refractivity contribution is -0.161. The summed E-state index contributed by atoms with van der Waals surface area (Å²) in [6.45, 7) is 9.70. The number of aliphatic hydroxyl groups is 1. The van der Waals surface area contributed by atoms with Crippen LogP contribution in [0.5, 0.6) is 0 Å². The molecule has 0 aliphatic rings. The van der Waals surface area contributed by atoms with E-state index >= 15 is 0 Å². The number of phosphoric acid groups is 2. The first kappa shape index (κ1) is 99.1. The zero-order chi connectivity index (χ0) is 74.2. The largest absolute Gasteiger partial charge is 0.472 e. The van der Waals surface area contributed by atoms with Crippen molar-refractivity contribution in [3.63, 3.8) is 0 Å². The van der Waals surface area contributed by atoms with E-state index in [9.17, 15) is 43.2 Å². The topological polar surface area (TPSA) is 237 Å². The van der Waals surface area contributed by atoms with Crippen LogP contribution in [0.25, 0.3) is 0 Å². The third kappa shape index (κ3) is 73.4. The van der Waals surface area contributed by atoms with Crippen molar-refractivity contribution < 1.29 is 80.2 Å². The second-order valence-corrected chi connectivity index (χ2v) is 32.9. The Balaban J connectivity index is 5.22. The molecule has 7 atom stereocenters. The number of aliphatic hydroxyl groups excluding tert-OH is 1. The van der Waals surface area contributed by atoms with Gasteiger partial charge < -0.3 is 33.8 Å². The third-order valence-corrected chi connectivity index (χ3v) is 21.8. The van der Waals surface area contributed by atoms with Crippen molar-refractivity contribution in [1.82, 2.24) is 0 Å². The number of rotatable bonds is 81. The lowest BCUT2D eigenvalue weighted by Gasteiger charge is -2.21. The summed E-state index contributed by atoms with van der Waals surface area (Å²) in [4.78, 5) is 73.0. The second-order valence-electron chi connectivity index (χ2n) is 30.0. The molecule has 19 heteroatoms. The molecule has 0 amide bonds. The van der Waals surface area contributed by atoms with Crippen LogP contribution in [0.3, 0.4) is 0 Å². The summed E-state index contributed by atoms with van der Waals surface area (Å²) in [5.74, 6) is -0.455. The number of phosphoric ester groups is 2. The molecular weight excluding hydrogens is 1320 g/mol. The number of esters is 4. The van der Waals surface area contributed by atoms with Gasteiger partial charge in [0.05, 0.1) is 26.4 Å². The van der Waals surface area contributed by atoms with E-state index < -0.39 is 97.5 Å². The van der Waals surface area contributed by atoms with Gasteiger partial charge in [0.2, 0.25) is 0 Å². The fraction of sp³-hybridized carbons (Fsp3) is 0.951. The Morgan fingerprint density at radius 3 is 0.703 bits per heavy atom. The van der Waals surface area contributed by atoms with E-state index in [4.69, 9.17) is 37.0 Å². The van der Waals surface area contributed by atoms with Crippen LogP contribution in [0.4, 0.5) is 0 Å². The van der Waals surface area contributed by atoms with Gasteiger partial charge >= 0.3 is 39.5 Å². The summed E-state index contributed by atoms with van der Waals surface area (Å²) in [5.41, 5.74) is 0. The molecule has 0 aromatic rings. The van der Waals surface area contributed by atoms with Gasteiger partial charge in [-0.25, -0.2) is 9.13 Å². The Labute approximate surface area is 619 Å². The van der Waals surface area contributed by atoms with Crippen LogP contribution in [-0.2, 0) is 65.4 Å². The Morgan fingerprint density at radius 2 is 0.475 bits per heavy atom. The van der Waals surface area contributed by atoms with Gasteiger partial charge in [0, 0.05) is 25.7 Å². The monoisotopic (exact) mass is 1480 g/mol. The highest BCUT2D eigenvalue weighted by Crippen LogP contribution is 2.45. The minimum Gasteiger partial charge on any atom is -0.462 e. The molecule has 0 spiro atoms. The third-order valence-electron chi connectivity index (χ3n) is 19.9. The summed E-state index contributed by atoms with van der Waals surface area (Å²) in [5, 5.41) is 10.6. The van der Waals surface area contributed by atoms with Crippen molar-refractivity contribution in [2.24, 2.45) is 11.8 Å². The number of carbonyl (C=O) groups excluding carboxylic acids is 4. The Hall–Kier alpha value is -1.94. The van der Waals surface area contributed by atoms with Crippen molar-refractivity contribution >= 4 is 39.5 Å². The Kier molecular flexibility index (Phi) is 72.2. The molecule has 0 bridgehead atoms. The molecule has 0 aromatic heterocycles. The fourth-order valence-electron chi connectivity index (χ4n) is 12.6. The molecule has 4 unspecified atom stereocenters. The van der Waals surface area contributed by atoms with Gasteiger partial charge in [-0.05, 0) is 37.5 Å². The maximum Gasteiger partial charge on any atom is 0.472 e. The zero-order valence-electron chi connectivity index (χ0n) is 66.2. The van der Waals surface area contributed by atoms with E-state index in [1.54, 1.807) is 0 Å². The lowest BCUT2D eigenvalue weighted by Crippen LogP contribution is -2.30. The van der Waals surface area contributed by atoms with Crippen molar-refractivity contribution in [3.8, 4) is 0 Å². The molecule has 0 fully saturated rings. The smallest absolute Gasteiger partial charge is 0.462 e. The van der Waals surface area contributed by atoms with Crippen LogP contribution in [0, 0.1) is 11.8 Å². The summed E-state index contributed by atoms with van der Waals surface area (Å²) < 4.78 is 68.7. The van der Waals surface area contributed by atoms with E-state index in [0.717, 1.165) is 102 Å². The molecule has 600 valence electrons. The predicted octanol–water partition coefficient (Wildman–Crippen LogP) is 24.7. The van der Waals surface area contributed by atoms with Crippen LogP contribution in [0.1, 0.15) is 433 Å². The average Bonchev–Trinajstić information content (AvgIpc) is 0.957. The molecule has 0 saturated heterocycles. The van der Waals surface area contributed by atoms with E-state index in [2.05, 4.69) is 41.5 Å². The van der Waals surface area contributed by atoms with Gasteiger partial charge in [0.15, 0.2) is 12.2 Å². The maximum atomic E-state index is 13.1. The molecule has 17 nitrogen and oxygen atoms in total. The molecule has 3 N–H and O–H groups in total. The van der Waals surface area contributed by atoms with E-state index in [-0.39, 0.29) is 25.7 Å².